The average Bonchev–Trinajstić information content (AvgIpc) is 2.87. The van der Waals surface area contributed by atoms with Gasteiger partial charge < -0.3 is 14.5 Å². The first-order valence-electron chi connectivity index (χ1n) is 10.3. The quantitative estimate of drug-likeness (QED) is 0.545. The van der Waals surface area contributed by atoms with Gasteiger partial charge in [0.1, 0.15) is 0 Å². The largest absolute Gasteiger partial charge is 0.380 e. The second-order valence-electron chi connectivity index (χ2n) is 7.42. The van der Waals surface area contributed by atoms with Gasteiger partial charge in [-0.05, 0) is 38.1 Å². The third-order valence-corrected chi connectivity index (χ3v) is 5.76. The Kier molecular flexibility index (Phi) is 5.64. The first-order valence-corrected chi connectivity index (χ1v) is 10.3. The molecule has 0 saturated carbocycles. The smallest absolute Gasteiger partial charge is 0.259 e. The Bertz CT molecular complexity index is 880. The Morgan fingerprint density at radius 3 is 2.79 bits per heavy atom. The molecule has 2 aliphatic heterocycles. The van der Waals surface area contributed by atoms with Gasteiger partial charge in [-0.25, -0.2) is 0 Å². The maximum absolute atomic E-state index is 12.8. The summed E-state index contributed by atoms with van der Waals surface area (Å²) in [5.41, 5.74) is 3.05. The van der Waals surface area contributed by atoms with Crippen LogP contribution in [0.1, 0.15) is 23.7 Å². The first kappa shape index (κ1) is 19.0. The van der Waals surface area contributed by atoms with E-state index in [1.54, 1.807) is 6.08 Å². The van der Waals surface area contributed by atoms with Crippen molar-refractivity contribution in [2.75, 3.05) is 62.3 Å². The normalized spacial score (nSPS) is 17.4. The van der Waals surface area contributed by atoms with Gasteiger partial charge in [0, 0.05) is 61.4 Å². The number of carbonyl (C=O) groups is 1. The number of nitrogens with zero attached hydrogens (tertiary/aromatic N) is 3. The summed E-state index contributed by atoms with van der Waals surface area (Å²) in [7, 11) is 0. The number of ether oxygens (including phenoxy) is 1. The molecule has 2 aromatic carbocycles. The van der Waals surface area contributed by atoms with E-state index in [0.717, 1.165) is 69.0 Å². The molecule has 0 atom stereocenters. The van der Waals surface area contributed by atoms with E-state index < -0.39 is 0 Å². The molecule has 0 spiro atoms. The van der Waals surface area contributed by atoms with E-state index in [-0.39, 0.29) is 5.91 Å². The maximum Gasteiger partial charge on any atom is 0.259 e. The second-order valence-corrected chi connectivity index (χ2v) is 7.42. The number of hydrogen-bond donors (Lipinski definition) is 0. The molecule has 0 N–H and O–H groups in total. The van der Waals surface area contributed by atoms with Crippen LogP contribution in [0.25, 0.3) is 10.8 Å². The number of amides is 1. The number of hydrogen-bond acceptors (Lipinski definition) is 4. The van der Waals surface area contributed by atoms with Crippen LogP contribution in [0.3, 0.4) is 0 Å². The highest BCUT2D eigenvalue weighted by atomic mass is 16.5. The molecule has 0 aromatic heterocycles. The van der Waals surface area contributed by atoms with E-state index >= 15 is 0 Å². The van der Waals surface area contributed by atoms with Crippen molar-refractivity contribution in [1.29, 1.82) is 0 Å². The van der Waals surface area contributed by atoms with Crippen molar-refractivity contribution in [3.8, 4) is 0 Å². The summed E-state index contributed by atoms with van der Waals surface area (Å²) < 4.78 is 5.52. The second kappa shape index (κ2) is 8.33. The van der Waals surface area contributed by atoms with Crippen LogP contribution >= 0.6 is 0 Å². The summed E-state index contributed by atoms with van der Waals surface area (Å²) in [5.74, 6) is 0.0793. The molecule has 148 valence electrons. The standard InChI is InChI=1S/C23H29N3O2/c1-3-11-26-21-10-9-20(18-7-5-8-19(22(18)21)23(26)27)25-13-6-12-24(14-15-25)16-17-28-4-2/h3,5,7-10H,1,4,6,11-17H2,2H3. The minimum Gasteiger partial charge on any atom is -0.380 e. The molecule has 2 aliphatic rings. The summed E-state index contributed by atoms with van der Waals surface area (Å²) in [6.45, 7) is 13.1. The summed E-state index contributed by atoms with van der Waals surface area (Å²) >= 11 is 0. The predicted octanol–water partition coefficient (Wildman–Crippen LogP) is 3.53. The number of anilines is 2. The van der Waals surface area contributed by atoms with Gasteiger partial charge in [0.2, 0.25) is 0 Å². The van der Waals surface area contributed by atoms with Crippen molar-refractivity contribution in [2.45, 2.75) is 13.3 Å². The molecule has 0 unspecified atom stereocenters. The van der Waals surface area contributed by atoms with Gasteiger partial charge in [0.15, 0.2) is 0 Å². The topological polar surface area (TPSA) is 36.0 Å². The highest BCUT2D eigenvalue weighted by molar-refractivity contribution is 6.26. The first-order chi connectivity index (χ1) is 13.7. The Morgan fingerprint density at radius 1 is 1.11 bits per heavy atom. The minimum atomic E-state index is 0.0793. The van der Waals surface area contributed by atoms with Crippen LogP contribution in [0.2, 0.25) is 0 Å². The Hall–Kier alpha value is -2.37. The van der Waals surface area contributed by atoms with Crippen LogP contribution in [-0.2, 0) is 4.74 Å². The molecule has 2 heterocycles. The molecular formula is C23H29N3O2. The summed E-state index contributed by atoms with van der Waals surface area (Å²) in [5, 5.41) is 2.27. The van der Waals surface area contributed by atoms with Gasteiger partial charge >= 0.3 is 0 Å². The van der Waals surface area contributed by atoms with Crippen molar-refractivity contribution in [3.63, 3.8) is 0 Å². The summed E-state index contributed by atoms with van der Waals surface area (Å²) in [4.78, 5) is 19.6. The van der Waals surface area contributed by atoms with E-state index in [0.29, 0.717) is 6.54 Å². The summed E-state index contributed by atoms with van der Waals surface area (Å²) in [6.07, 6.45) is 2.92. The van der Waals surface area contributed by atoms with Crippen LogP contribution in [0.4, 0.5) is 11.4 Å². The fourth-order valence-electron chi connectivity index (χ4n) is 4.39. The van der Waals surface area contributed by atoms with Crippen molar-refractivity contribution in [3.05, 3.63) is 48.6 Å². The lowest BCUT2D eigenvalue weighted by atomic mass is 10.0. The van der Waals surface area contributed by atoms with E-state index in [9.17, 15) is 4.79 Å². The molecule has 5 nitrogen and oxygen atoms in total. The fraction of sp³-hybridized carbons (Fsp3) is 0.435. The van der Waals surface area contributed by atoms with Gasteiger partial charge in [-0.3, -0.25) is 9.69 Å². The van der Waals surface area contributed by atoms with Crippen LogP contribution < -0.4 is 9.80 Å². The van der Waals surface area contributed by atoms with Crippen molar-refractivity contribution in [2.24, 2.45) is 0 Å². The fourth-order valence-corrected chi connectivity index (χ4v) is 4.39. The van der Waals surface area contributed by atoms with Crippen LogP contribution in [0.15, 0.2) is 43.0 Å². The lowest BCUT2D eigenvalue weighted by Crippen LogP contribution is -2.33. The molecule has 2 aromatic rings. The Balaban J connectivity index is 1.61. The van der Waals surface area contributed by atoms with Crippen molar-refractivity contribution < 1.29 is 9.53 Å². The summed E-state index contributed by atoms with van der Waals surface area (Å²) in [6, 6.07) is 10.4. The molecule has 5 heteroatoms. The third-order valence-electron chi connectivity index (χ3n) is 5.76. The Morgan fingerprint density at radius 2 is 1.96 bits per heavy atom. The molecular weight excluding hydrogens is 350 g/mol. The van der Waals surface area contributed by atoms with Crippen LogP contribution in [0.5, 0.6) is 0 Å². The van der Waals surface area contributed by atoms with Gasteiger partial charge in [0.25, 0.3) is 5.91 Å². The van der Waals surface area contributed by atoms with Crippen molar-refractivity contribution in [1.82, 2.24) is 4.90 Å². The lowest BCUT2D eigenvalue weighted by molar-refractivity contribution is 0.0996. The van der Waals surface area contributed by atoms with Gasteiger partial charge in [-0.1, -0.05) is 18.2 Å². The van der Waals surface area contributed by atoms with Crippen LogP contribution in [0, 0.1) is 0 Å². The van der Waals surface area contributed by atoms with Gasteiger partial charge in [-0.15, -0.1) is 6.58 Å². The average molecular weight is 380 g/mol. The highest BCUT2D eigenvalue weighted by Gasteiger charge is 2.30. The lowest BCUT2D eigenvalue weighted by Gasteiger charge is -2.25. The molecule has 0 radical (unpaired) electrons. The molecule has 1 saturated heterocycles. The predicted molar refractivity (Wildman–Crippen MR) is 116 cm³/mol. The Labute approximate surface area is 167 Å². The molecule has 4 rings (SSSR count). The molecule has 0 aliphatic carbocycles. The number of carbonyl (C=O) groups excluding carboxylic acids is 1. The monoisotopic (exact) mass is 379 g/mol. The zero-order valence-electron chi connectivity index (χ0n) is 16.7. The van der Waals surface area contributed by atoms with E-state index in [2.05, 4.69) is 34.6 Å². The zero-order valence-corrected chi connectivity index (χ0v) is 16.7. The molecule has 28 heavy (non-hydrogen) atoms. The number of benzene rings is 2. The molecule has 1 amide bonds. The molecule has 1 fully saturated rings. The number of rotatable bonds is 7. The van der Waals surface area contributed by atoms with E-state index in [4.69, 9.17) is 4.74 Å². The maximum atomic E-state index is 12.8. The third kappa shape index (κ3) is 3.40. The van der Waals surface area contributed by atoms with Crippen LogP contribution in [-0.4, -0.2) is 63.3 Å². The minimum absolute atomic E-state index is 0.0793. The van der Waals surface area contributed by atoms with E-state index in [1.807, 2.05) is 24.0 Å². The molecule has 0 bridgehead atoms. The van der Waals surface area contributed by atoms with E-state index in [1.165, 1.54) is 11.1 Å². The zero-order chi connectivity index (χ0) is 19.5. The SMILES string of the molecule is C=CCN1C(=O)c2cccc3c(N4CCCN(CCOCC)CC4)ccc1c23. The van der Waals surface area contributed by atoms with Crippen molar-refractivity contribution >= 4 is 28.1 Å². The van der Waals surface area contributed by atoms with Gasteiger partial charge in [-0.2, -0.15) is 0 Å². The highest BCUT2D eigenvalue weighted by Crippen LogP contribution is 2.41. The van der Waals surface area contributed by atoms with Gasteiger partial charge in [0.05, 0.1) is 12.3 Å².